The Morgan fingerprint density at radius 1 is 1.18 bits per heavy atom. The van der Waals surface area contributed by atoms with E-state index in [-0.39, 0.29) is 0 Å². The molecule has 0 atom stereocenters. The van der Waals surface area contributed by atoms with Crippen LogP contribution in [0, 0.1) is 0 Å². The Bertz CT molecular complexity index is 375. The van der Waals surface area contributed by atoms with E-state index in [9.17, 15) is 13.2 Å². The van der Waals surface area contributed by atoms with Crippen LogP contribution in [0.25, 0.3) is 0 Å². The Hall–Kier alpha value is -0.853. The van der Waals surface area contributed by atoms with Crippen molar-refractivity contribution in [2.45, 2.75) is 18.8 Å². The van der Waals surface area contributed by atoms with Crippen LogP contribution < -0.4 is 0 Å². The summed E-state index contributed by atoms with van der Waals surface area (Å²) in [6.45, 7) is 1.81. The highest BCUT2D eigenvalue weighted by molar-refractivity contribution is 6.65. The Kier molecular flexibility index (Phi) is 4.35. The Labute approximate surface area is 99.6 Å². The van der Waals surface area contributed by atoms with E-state index >= 15 is 0 Å². The van der Waals surface area contributed by atoms with E-state index in [1.54, 1.807) is 6.07 Å². The molecular formula is C11H15F3O2Si. The predicted molar refractivity (Wildman–Crippen MR) is 60.8 cm³/mol. The molecule has 0 radical (unpaired) electrons. The van der Waals surface area contributed by atoms with Crippen LogP contribution in [0.15, 0.2) is 24.3 Å². The average Bonchev–Trinajstić information content (AvgIpc) is 2.28. The first kappa shape index (κ1) is 14.2. The first-order valence-electron chi connectivity index (χ1n) is 5.07. The standard InChI is InChI=1S/C11H15F3O2Si/c1-15-17(3,16-2)8-9-5-4-6-10(7-9)11(12,13)14/h4-7H,8H2,1-3H3. The number of halogens is 3. The summed E-state index contributed by atoms with van der Waals surface area (Å²) in [5.41, 5.74) is -0.0590. The van der Waals surface area contributed by atoms with Crippen LogP contribution >= 0.6 is 0 Å². The maximum Gasteiger partial charge on any atom is 0.416 e. The third-order valence-corrected chi connectivity index (χ3v) is 5.42. The summed E-state index contributed by atoms with van der Waals surface area (Å²) in [4.78, 5) is 0. The molecule has 0 saturated heterocycles. The van der Waals surface area contributed by atoms with Crippen molar-refractivity contribution in [2.75, 3.05) is 14.2 Å². The third-order valence-electron chi connectivity index (χ3n) is 2.64. The van der Waals surface area contributed by atoms with Gasteiger partial charge in [0.15, 0.2) is 0 Å². The molecule has 0 unspecified atom stereocenters. The van der Waals surface area contributed by atoms with Crippen molar-refractivity contribution in [1.29, 1.82) is 0 Å². The third kappa shape index (κ3) is 3.83. The molecule has 1 aromatic rings. The average molecular weight is 264 g/mol. The van der Waals surface area contributed by atoms with Crippen molar-refractivity contribution < 1.29 is 22.0 Å². The molecule has 0 bridgehead atoms. The van der Waals surface area contributed by atoms with Gasteiger partial charge in [0.25, 0.3) is 0 Å². The molecule has 2 nitrogen and oxygen atoms in total. The van der Waals surface area contributed by atoms with E-state index < -0.39 is 20.3 Å². The largest absolute Gasteiger partial charge is 0.416 e. The monoisotopic (exact) mass is 264 g/mol. The van der Waals surface area contributed by atoms with Gasteiger partial charge in [-0.3, -0.25) is 0 Å². The Morgan fingerprint density at radius 2 is 1.76 bits per heavy atom. The van der Waals surface area contributed by atoms with Crippen LogP contribution in [0.2, 0.25) is 6.55 Å². The van der Waals surface area contributed by atoms with E-state index in [1.807, 2.05) is 6.55 Å². The Balaban J connectivity index is 2.93. The highest BCUT2D eigenvalue weighted by atomic mass is 28.4. The predicted octanol–water partition coefficient (Wildman–Crippen LogP) is 3.15. The molecule has 0 aromatic heterocycles. The number of hydrogen-bond donors (Lipinski definition) is 0. The van der Waals surface area contributed by atoms with Crippen molar-refractivity contribution >= 4 is 8.56 Å². The molecule has 0 saturated carbocycles. The van der Waals surface area contributed by atoms with Gasteiger partial charge in [-0.15, -0.1) is 0 Å². The molecule has 96 valence electrons. The zero-order valence-corrected chi connectivity index (χ0v) is 11.0. The molecule has 0 aliphatic heterocycles. The van der Waals surface area contributed by atoms with Crippen molar-refractivity contribution in [1.82, 2.24) is 0 Å². The van der Waals surface area contributed by atoms with E-state index in [0.29, 0.717) is 11.6 Å². The van der Waals surface area contributed by atoms with E-state index in [2.05, 4.69) is 0 Å². The smallest absolute Gasteiger partial charge is 0.398 e. The van der Waals surface area contributed by atoms with Crippen LogP contribution in [0.5, 0.6) is 0 Å². The lowest BCUT2D eigenvalue weighted by Crippen LogP contribution is -2.39. The molecule has 0 N–H and O–H groups in total. The van der Waals surface area contributed by atoms with Gasteiger partial charge in [-0.1, -0.05) is 18.2 Å². The van der Waals surface area contributed by atoms with E-state index in [1.165, 1.54) is 20.3 Å². The number of hydrogen-bond acceptors (Lipinski definition) is 2. The van der Waals surface area contributed by atoms with Gasteiger partial charge in [0.1, 0.15) is 0 Å². The number of alkyl halides is 3. The SMILES string of the molecule is CO[Si](C)(Cc1cccc(C(F)(F)F)c1)OC. The minimum absolute atomic E-state index is 0.393. The van der Waals surface area contributed by atoms with Gasteiger partial charge in [-0.25, -0.2) is 0 Å². The molecule has 1 rings (SSSR count). The first-order valence-corrected chi connectivity index (χ1v) is 7.59. The maximum absolute atomic E-state index is 12.5. The van der Waals surface area contributed by atoms with Crippen LogP contribution in [-0.4, -0.2) is 22.8 Å². The fourth-order valence-electron chi connectivity index (χ4n) is 1.46. The summed E-state index contributed by atoms with van der Waals surface area (Å²) >= 11 is 0. The second-order valence-corrected chi connectivity index (χ2v) is 7.35. The fraction of sp³-hybridized carbons (Fsp3) is 0.455. The van der Waals surface area contributed by atoms with Crippen molar-refractivity contribution in [3.8, 4) is 0 Å². The molecule has 0 aliphatic carbocycles. The molecule has 0 spiro atoms. The van der Waals surface area contributed by atoms with E-state index in [0.717, 1.165) is 12.1 Å². The normalized spacial score (nSPS) is 12.8. The molecule has 0 amide bonds. The molecule has 1 aromatic carbocycles. The second-order valence-electron chi connectivity index (χ2n) is 3.92. The van der Waals surface area contributed by atoms with Crippen LogP contribution in [0.1, 0.15) is 11.1 Å². The molecule has 0 heterocycles. The highest BCUT2D eigenvalue weighted by Gasteiger charge is 2.33. The van der Waals surface area contributed by atoms with Gasteiger partial charge in [0.2, 0.25) is 0 Å². The van der Waals surface area contributed by atoms with Gasteiger partial charge in [0, 0.05) is 20.3 Å². The molecule has 0 fully saturated rings. The van der Waals surface area contributed by atoms with Crippen LogP contribution in [0.4, 0.5) is 13.2 Å². The first-order chi connectivity index (χ1) is 7.80. The highest BCUT2D eigenvalue weighted by Crippen LogP contribution is 2.30. The summed E-state index contributed by atoms with van der Waals surface area (Å²) in [5.74, 6) is 0. The lowest BCUT2D eigenvalue weighted by Gasteiger charge is -2.23. The van der Waals surface area contributed by atoms with Gasteiger partial charge in [-0.2, -0.15) is 13.2 Å². The molecule has 0 aliphatic rings. The number of benzene rings is 1. The minimum Gasteiger partial charge on any atom is -0.398 e. The quantitative estimate of drug-likeness (QED) is 0.778. The van der Waals surface area contributed by atoms with E-state index in [4.69, 9.17) is 8.85 Å². The van der Waals surface area contributed by atoms with Gasteiger partial charge >= 0.3 is 14.7 Å². The summed E-state index contributed by atoms with van der Waals surface area (Å²) in [5, 5.41) is 0. The molecule has 17 heavy (non-hydrogen) atoms. The van der Waals surface area contributed by atoms with Crippen molar-refractivity contribution in [2.24, 2.45) is 0 Å². The zero-order valence-electron chi connectivity index (χ0n) is 9.97. The number of rotatable bonds is 4. The summed E-state index contributed by atoms with van der Waals surface area (Å²) in [6, 6.07) is 5.64. The van der Waals surface area contributed by atoms with Crippen molar-refractivity contribution in [3.05, 3.63) is 35.4 Å². The van der Waals surface area contributed by atoms with Gasteiger partial charge < -0.3 is 8.85 Å². The summed E-state index contributed by atoms with van der Waals surface area (Å²) < 4.78 is 48.0. The van der Waals surface area contributed by atoms with Gasteiger partial charge in [0.05, 0.1) is 5.56 Å². The molecule has 6 heteroatoms. The maximum atomic E-state index is 12.5. The molecular weight excluding hydrogens is 249 g/mol. The summed E-state index contributed by atoms with van der Waals surface area (Å²) in [7, 11) is 0.647. The second kappa shape index (κ2) is 5.20. The minimum atomic E-state index is -4.31. The lowest BCUT2D eigenvalue weighted by molar-refractivity contribution is -0.137. The fourth-order valence-corrected chi connectivity index (χ4v) is 2.87. The van der Waals surface area contributed by atoms with Crippen molar-refractivity contribution in [3.63, 3.8) is 0 Å². The zero-order chi connectivity index (χ0) is 13.1. The van der Waals surface area contributed by atoms with Gasteiger partial charge in [-0.05, 0) is 18.2 Å². The van der Waals surface area contributed by atoms with Crippen LogP contribution in [0.3, 0.4) is 0 Å². The Morgan fingerprint density at radius 3 is 2.24 bits per heavy atom. The summed E-state index contributed by atoms with van der Waals surface area (Å²) in [6.07, 6.45) is -4.31. The topological polar surface area (TPSA) is 18.5 Å². The van der Waals surface area contributed by atoms with Crippen LogP contribution in [-0.2, 0) is 21.1 Å². The lowest BCUT2D eigenvalue weighted by atomic mass is 10.1.